The number of para-hydroxylation sites is 1. The summed E-state index contributed by atoms with van der Waals surface area (Å²) in [5.74, 6) is -0.00389. The molecule has 1 amide bonds. The third kappa shape index (κ3) is 4.06. The average Bonchev–Trinajstić information content (AvgIpc) is 3.58. The van der Waals surface area contributed by atoms with Gasteiger partial charge in [0.2, 0.25) is 12.1 Å². The third-order valence-electron chi connectivity index (χ3n) is 5.56. The molecule has 2 N–H and O–H groups in total. The van der Waals surface area contributed by atoms with Gasteiger partial charge in [-0.1, -0.05) is 53.6 Å². The smallest absolute Gasteiger partial charge is 0.317 e. The van der Waals surface area contributed by atoms with Gasteiger partial charge in [-0.25, -0.2) is 9.67 Å². The number of carbonyl (C=O) groups is 1. The van der Waals surface area contributed by atoms with Gasteiger partial charge in [0, 0.05) is 29.1 Å². The molecule has 1 aliphatic rings. The summed E-state index contributed by atoms with van der Waals surface area (Å²) in [5, 5.41) is 18.3. The van der Waals surface area contributed by atoms with Crippen LogP contribution < -0.4 is 10.6 Å². The van der Waals surface area contributed by atoms with E-state index in [9.17, 15) is 4.79 Å². The number of nitrogens with zero attached hydrogens (tertiary/aromatic N) is 5. The molecule has 170 valence electrons. The molecule has 0 fully saturated rings. The first-order valence-corrected chi connectivity index (χ1v) is 11.0. The molecule has 0 aliphatic carbocycles. The Hall–Kier alpha value is -5.05. The summed E-state index contributed by atoms with van der Waals surface area (Å²) >= 11 is 0. The van der Waals surface area contributed by atoms with Gasteiger partial charge >= 0.3 is 6.01 Å². The molecule has 0 saturated carbocycles. The van der Waals surface area contributed by atoms with Crippen molar-refractivity contribution >= 4 is 23.3 Å². The summed E-state index contributed by atoms with van der Waals surface area (Å²) in [6, 6.07) is 26.8. The van der Waals surface area contributed by atoms with E-state index in [1.165, 1.54) is 0 Å². The number of hydrogen-bond acceptors (Lipinski definition) is 7. The number of nitrogens with one attached hydrogen (secondary N) is 2. The Morgan fingerprint density at radius 2 is 1.66 bits per heavy atom. The second kappa shape index (κ2) is 8.71. The summed E-state index contributed by atoms with van der Waals surface area (Å²) in [7, 11) is 0. The number of aromatic nitrogens is 4. The summed E-state index contributed by atoms with van der Waals surface area (Å²) in [4.78, 5) is 17.7. The highest BCUT2D eigenvalue weighted by Crippen LogP contribution is 2.26. The van der Waals surface area contributed by atoms with Crippen molar-refractivity contribution in [3.8, 4) is 17.1 Å². The van der Waals surface area contributed by atoms with Crippen molar-refractivity contribution in [2.24, 2.45) is 4.99 Å². The number of hydrogen-bond donors (Lipinski definition) is 2. The lowest BCUT2D eigenvalue weighted by Gasteiger charge is -2.11. The van der Waals surface area contributed by atoms with Crippen LogP contribution in [0, 0.1) is 0 Å². The van der Waals surface area contributed by atoms with Gasteiger partial charge in [0.05, 0.1) is 17.1 Å². The highest BCUT2D eigenvalue weighted by Gasteiger charge is 2.27. The van der Waals surface area contributed by atoms with Gasteiger partial charge in [-0.15, -0.1) is 5.10 Å². The lowest BCUT2D eigenvalue weighted by Crippen LogP contribution is -2.32. The lowest BCUT2D eigenvalue weighted by molar-refractivity contribution is -0.116. The van der Waals surface area contributed by atoms with Crippen molar-refractivity contribution in [3.05, 3.63) is 108 Å². The zero-order valence-electron chi connectivity index (χ0n) is 18.4. The molecule has 0 bridgehead atoms. The molecule has 9 nitrogen and oxygen atoms in total. The normalized spacial score (nSPS) is 15.0. The minimum Gasteiger partial charge on any atom is -0.403 e. The molecule has 0 spiro atoms. The second-order valence-electron chi connectivity index (χ2n) is 7.84. The second-order valence-corrected chi connectivity index (χ2v) is 7.84. The van der Waals surface area contributed by atoms with Crippen LogP contribution in [0.25, 0.3) is 17.1 Å². The van der Waals surface area contributed by atoms with E-state index in [-0.39, 0.29) is 11.9 Å². The monoisotopic (exact) mass is 461 g/mol. The Bertz CT molecular complexity index is 1510. The average molecular weight is 461 g/mol. The predicted octanol–water partition coefficient (Wildman–Crippen LogP) is 4.15. The molecule has 0 saturated heterocycles. The first kappa shape index (κ1) is 20.5. The number of fused-ring (bicyclic) bond motifs is 1. The van der Waals surface area contributed by atoms with Crippen LogP contribution in [0.2, 0.25) is 0 Å². The fraction of sp³-hybridized carbons (Fsp3) is 0.0385. The van der Waals surface area contributed by atoms with Gasteiger partial charge in [0.15, 0.2) is 0 Å². The van der Waals surface area contributed by atoms with Gasteiger partial charge in [-0.05, 0) is 36.4 Å². The van der Waals surface area contributed by atoms with Gasteiger partial charge in [0.1, 0.15) is 0 Å². The summed E-state index contributed by atoms with van der Waals surface area (Å²) in [5.41, 5.74) is 4.76. The van der Waals surface area contributed by atoms with Crippen molar-refractivity contribution in [1.29, 1.82) is 0 Å². The summed E-state index contributed by atoms with van der Waals surface area (Å²) in [6.45, 7) is 0. The first-order chi connectivity index (χ1) is 17.2. The van der Waals surface area contributed by atoms with Crippen molar-refractivity contribution in [2.45, 2.75) is 6.17 Å². The largest absolute Gasteiger partial charge is 0.403 e. The van der Waals surface area contributed by atoms with E-state index in [0.717, 1.165) is 22.4 Å². The summed E-state index contributed by atoms with van der Waals surface area (Å²) in [6.07, 6.45) is 2.62. The Morgan fingerprint density at radius 3 is 2.46 bits per heavy atom. The topological polar surface area (TPSA) is 110 Å². The predicted molar refractivity (Wildman–Crippen MR) is 131 cm³/mol. The van der Waals surface area contributed by atoms with Gasteiger partial charge in [0.25, 0.3) is 5.91 Å². The van der Waals surface area contributed by atoms with Crippen LogP contribution >= 0.6 is 0 Å². The SMILES string of the molecule is O=C1Nc2ccccc2C(c2ccccc2)=NC1Nc1nnc(-c2ccc(-n3cccn3)cc2)o1. The first-order valence-electron chi connectivity index (χ1n) is 11.0. The van der Waals surface area contributed by atoms with E-state index in [4.69, 9.17) is 9.41 Å². The number of amides is 1. The molecule has 0 radical (unpaired) electrons. The van der Waals surface area contributed by atoms with Gasteiger partial charge in [-0.3, -0.25) is 4.79 Å². The van der Waals surface area contributed by atoms with Crippen LogP contribution in [0.1, 0.15) is 11.1 Å². The molecule has 6 rings (SSSR count). The van der Waals surface area contributed by atoms with Crippen LogP contribution in [0.3, 0.4) is 0 Å². The van der Waals surface area contributed by atoms with Crippen LogP contribution in [0.5, 0.6) is 0 Å². The molecule has 3 aromatic carbocycles. The Kier molecular flexibility index (Phi) is 5.12. The molecule has 5 aromatic rings. The van der Waals surface area contributed by atoms with E-state index >= 15 is 0 Å². The minimum absolute atomic E-state index is 0.0958. The van der Waals surface area contributed by atoms with Crippen molar-refractivity contribution in [1.82, 2.24) is 20.0 Å². The third-order valence-corrected chi connectivity index (χ3v) is 5.56. The number of rotatable bonds is 5. The zero-order chi connectivity index (χ0) is 23.6. The molecule has 3 heterocycles. The van der Waals surface area contributed by atoms with Crippen molar-refractivity contribution in [2.75, 3.05) is 10.6 Å². The quantitative estimate of drug-likeness (QED) is 0.407. The van der Waals surface area contributed by atoms with E-state index in [2.05, 4.69) is 25.9 Å². The maximum atomic E-state index is 13.0. The molecule has 35 heavy (non-hydrogen) atoms. The molecule has 1 aliphatic heterocycles. The highest BCUT2D eigenvalue weighted by atomic mass is 16.4. The molecule has 9 heteroatoms. The lowest BCUT2D eigenvalue weighted by atomic mass is 10.0. The van der Waals surface area contributed by atoms with E-state index in [1.54, 1.807) is 10.9 Å². The fourth-order valence-electron chi connectivity index (χ4n) is 3.87. The Morgan fingerprint density at radius 1 is 0.857 bits per heavy atom. The van der Waals surface area contributed by atoms with Crippen molar-refractivity contribution < 1.29 is 9.21 Å². The highest BCUT2D eigenvalue weighted by molar-refractivity contribution is 6.19. The van der Waals surface area contributed by atoms with Crippen molar-refractivity contribution in [3.63, 3.8) is 0 Å². The van der Waals surface area contributed by atoms with Gasteiger partial charge < -0.3 is 15.1 Å². The Balaban J connectivity index is 1.29. The minimum atomic E-state index is -0.965. The van der Waals surface area contributed by atoms with E-state index < -0.39 is 6.17 Å². The van der Waals surface area contributed by atoms with Crippen LogP contribution in [0.15, 0.2) is 107 Å². The number of aliphatic imine (C=N–C) groups is 1. The number of carbonyl (C=O) groups excluding carboxylic acids is 1. The number of anilines is 2. The number of benzene rings is 3. The van der Waals surface area contributed by atoms with Crippen LogP contribution in [0.4, 0.5) is 11.7 Å². The fourth-order valence-corrected chi connectivity index (χ4v) is 3.87. The van der Waals surface area contributed by atoms with Gasteiger partial charge in [-0.2, -0.15) is 5.10 Å². The maximum absolute atomic E-state index is 13.0. The molecule has 1 atom stereocenters. The van der Waals surface area contributed by atoms with E-state index in [1.807, 2.05) is 91.1 Å². The Labute approximate surface area is 200 Å². The standard InChI is InChI=1S/C26H19N7O2/c34-24-23(29-22(17-7-2-1-3-8-17)20-9-4-5-10-21(20)28-24)30-26-32-31-25(35-26)18-11-13-19(14-12-18)33-16-6-15-27-33/h1-16,23H,(H,28,34)(H,30,32). The molecule has 2 aromatic heterocycles. The summed E-state index contributed by atoms with van der Waals surface area (Å²) < 4.78 is 7.56. The van der Waals surface area contributed by atoms with Crippen LogP contribution in [-0.2, 0) is 4.79 Å². The molecule has 1 unspecified atom stereocenters. The maximum Gasteiger partial charge on any atom is 0.317 e. The molecular weight excluding hydrogens is 442 g/mol. The molecular formula is C26H19N7O2. The zero-order valence-corrected chi connectivity index (χ0v) is 18.4. The van der Waals surface area contributed by atoms with Crippen LogP contribution in [-0.4, -0.2) is 37.8 Å². The number of benzodiazepines with no additional fused rings is 1. The van der Waals surface area contributed by atoms with E-state index in [0.29, 0.717) is 17.3 Å².